The second-order valence-corrected chi connectivity index (χ2v) is 6.59. The summed E-state index contributed by atoms with van der Waals surface area (Å²) in [6.07, 6.45) is 3.66. The summed E-state index contributed by atoms with van der Waals surface area (Å²) in [4.78, 5) is 9.40. The van der Waals surface area contributed by atoms with E-state index in [0.717, 1.165) is 25.0 Å². The fourth-order valence-corrected chi connectivity index (χ4v) is 2.70. The molecule has 2 N–H and O–H groups in total. The van der Waals surface area contributed by atoms with E-state index in [9.17, 15) is 0 Å². The molecule has 0 bridgehead atoms. The summed E-state index contributed by atoms with van der Waals surface area (Å²) in [6.45, 7) is 16.1. The van der Waals surface area contributed by atoms with E-state index >= 15 is 0 Å². The molecule has 5 heteroatoms. The van der Waals surface area contributed by atoms with Gasteiger partial charge in [0.05, 0.1) is 0 Å². The summed E-state index contributed by atoms with van der Waals surface area (Å²) in [6, 6.07) is 0. The minimum Gasteiger partial charge on any atom is -0.356 e. The van der Waals surface area contributed by atoms with E-state index in [2.05, 4.69) is 46.2 Å². The van der Waals surface area contributed by atoms with Gasteiger partial charge >= 0.3 is 0 Å². The maximum Gasteiger partial charge on any atom is 0.190 e. The van der Waals surface area contributed by atoms with E-state index in [1.807, 2.05) is 7.05 Å². The zero-order valence-corrected chi connectivity index (χ0v) is 15.2. The molecule has 0 spiro atoms. The van der Waals surface area contributed by atoms with Gasteiger partial charge in [0.15, 0.2) is 5.96 Å². The van der Waals surface area contributed by atoms with Gasteiger partial charge in [0, 0.05) is 46.3 Å². The Morgan fingerprint density at radius 2 is 1.64 bits per heavy atom. The number of hydrogen-bond acceptors (Lipinski definition) is 3. The quantitative estimate of drug-likeness (QED) is 0.386. The second-order valence-electron chi connectivity index (χ2n) is 6.59. The predicted octanol–water partition coefficient (Wildman–Crippen LogP) is 1.62. The van der Waals surface area contributed by atoms with Gasteiger partial charge < -0.3 is 20.4 Å². The SMILES string of the molecule is CCN1CCN(CCCCNC(=NC)NCCC(C)C)CC1. The lowest BCUT2D eigenvalue weighted by Gasteiger charge is -2.34. The van der Waals surface area contributed by atoms with Crippen molar-refractivity contribution in [3.8, 4) is 0 Å². The van der Waals surface area contributed by atoms with Crippen LogP contribution in [-0.2, 0) is 0 Å². The van der Waals surface area contributed by atoms with Crippen LogP contribution in [0.4, 0.5) is 0 Å². The molecule has 1 heterocycles. The van der Waals surface area contributed by atoms with Crippen molar-refractivity contribution in [2.24, 2.45) is 10.9 Å². The highest BCUT2D eigenvalue weighted by Crippen LogP contribution is 2.02. The third kappa shape index (κ3) is 8.59. The number of hydrogen-bond donors (Lipinski definition) is 2. The third-order valence-electron chi connectivity index (χ3n) is 4.34. The Labute approximate surface area is 137 Å². The van der Waals surface area contributed by atoms with Gasteiger partial charge in [-0.3, -0.25) is 4.99 Å². The molecule has 22 heavy (non-hydrogen) atoms. The first-order valence-electron chi connectivity index (χ1n) is 9.05. The van der Waals surface area contributed by atoms with E-state index < -0.39 is 0 Å². The predicted molar refractivity (Wildman–Crippen MR) is 96.6 cm³/mol. The van der Waals surface area contributed by atoms with Crippen LogP contribution in [0.3, 0.4) is 0 Å². The van der Waals surface area contributed by atoms with Crippen LogP contribution in [0.5, 0.6) is 0 Å². The fourth-order valence-electron chi connectivity index (χ4n) is 2.70. The molecule has 5 nitrogen and oxygen atoms in total. The molecule has 0 aromatic carbocycles. The lowest BCUT2D eigenvalue weighted by atomic mass is 10.1. The van der Waals surface area contributed by atoms with Gasteiger partial charge in [-0.25, -0.2) is 0 Å². The van der Waals surface area contributed by atoms with Gasteiger partial charge in [0.2, 0.25) is 0 Å². The highest BCUT2D eigenvalue weighted by Gasteiger charge is 2.14. The molecule has 0 saturated carbocycles. The summed E-state index contributed by atoms with van der Waals surface area (Å²) in [7, 11) is 1.85. The first-order chi connectivity index (χ1) is 10.7. The minimum atomic E-state index is 0.735. The van der Waals surface area contributed by atoms with Crippen molar-refractivity contribution >= 4 is 5.96 Å². The van der Waals surface area contributed by atoms with Crippen LogP contribution in [0.25, 0.3) is 0 Å². The van der Waals surface area contributed by atoms with Crippen molar-refractivity contribution in [1.82, 2.24) is 20.4 Å². The van der Waals surface area contributed by atoms with E-state index in [1.165, 1.54) is 58.5 Å². The van der Waals surface area contributed by atoms with Crippen LogP contribution in [0, 0.1) is 5.92 Å². The molecular formula is C17H37N5. The summed E-state index contributed by atoms with van der Waals surface area (Å²) in [5.41, 5.74) is 0. The number of guanidine groups is 1. The maximum absolute atomic E-state index is 4.27. The lowest BCUT2D eigenvalue weighted by molar-refractivity contribution is 0.136. The molecule has 1 aliphatic heterocycles. The van der Waals surface area contributed by atoms with Crippen LogP contribution in [0.1, 0.15) is 40.0 Å². The topological polar surface area (TPSA) is 42.9 Å². The van der Waals surface area contributed by atoms with Gasteiger partial charge in [0.25, 0.3) is 0 Å². The molecule has 1 saturated heterocycles. The van der Waals surface area contributed by atoms with Crippen molar-refractivity contribution in [3.05, 3.63) is 0 Å². The number of rotatable bonds is 9. The Hall–Kier alpha value is -0.810. The molecule has 0 aromatic heterocycles. The number of piperazine rings is 1. The zero-order valence-electron chi connectivity index (χ0n) is 15.2. The standard InChI is InChI=1S/C17H37N5/c1-5-21-12-14-22(15-13-21)11-7-6-9-19-17(18-4)20-10-8-16(2)3/h16H,5-15H2,1-4H3,(H2,18,19,20). The normalized spacial score (nSPS) is 18.0. The Morgan fingerprint density at radius 3 is 2.23 bits per heavy atom. The fraction of sp³-hybridized carbons (Fsp3) is 0.941. The summed E-state index contributed by atoms with van der Waals surface area (Å²) in [5.74, 6) is 1.68. The molecule has 0 aromatic rings. The van der Waals surface area contributed by atoms with Crippen molar-refractivity contribution in [3.63, 3.8) is 0 Å². The third-order valence-corrected chi connectivity index (χ3v) is 4.34. The Bertz CT molecular complexity index is 295. The van der Waals surface area contributed by atoms with E-state index in [4.69, 9.17) is 0 Å². The van der Waals surface area contributed by atoms with Gasteiger partial charge in [-0.05, 0) is 38.3 Å². The molecule has 0 unspecified atom stereocenters. The van der Waals surface area contributed by atoms with Crippen molar-refractivity contribution in [2.45, 2.75) is 40.0 Å². The largest absolute Gasteiger partial charge is 0.356 e. The van der Waals surface area contributed by atoms with Gasteiger partial charge in [-0.2, -0.15) is 0 Å². The number of nitrogens with zero attached hydrogens (tertiary/aromatic N) is 3. The zero-order chi connectivity index (χ0) is 16.2. The first-order valence-corrected chi connectivity index (χ1v) is 9.05. The highest BCUT2D eigenvalue weighted by molar-refractivity contribution is 5.79. The number of aliphatic imine (C=N–C) groups is 1. The average Bonchev–Trinajstić information content (AvgIpc) is 2.53. The number of likely N-dealkylation sites (N-methyl/N-ethyl adjacent to an activating group) is 1. The Morgan fingerprint density at radius 1 is 1.00 bits per heavy atom. The van der Waals surface area contributed by atoms with Crippen LogP contribution >= 0.6 is 0 Å². The van der Waals surface area contributed by atoms with Crippen LogP contribution in [0.15, 0.2) is 4.99 Å². The van der Waals surface area contributed by atoms with Gasteiger partial charge in [-0.15, -0.1) is 0 Å². The Balaban J connectivity index is 2.00. The molecule has 1 fully saturated rings. The highest BCUT2D eigenvalue weighted by atomic mass is 15.3. The number of unbranched alkanes of at least 4 members (excludes halogenated alkanes) is 1. The van der Waals surface area contributed by atoms with Crippen molar-refractivity contribution in [1.29, 1.82) is 0 Å². The molecule has 130 valence electrons. The smallest absolute Gasteiger partial charge is 0.190 e. The molecule has 1 aliphatic rings. The molecular weight excluding hydrogens is 274 g/mol. The van der Waals surface area contributed by atoms with Crippen LogP contribution in [-0.4, -0.2) is 75.2 Å². The van der Waals surface area contributed by atoms with Crippen LogP contribution in [0.2, 0.25) is 0 Å². The number of nitrogens with one attached hydrogen (secondary N) is 2. The van der Waals surface area contributed by atoms with E-state index in [1.54, 1.807) is 0 Å². The maximum atomic E-state index is 4.27. The first kappa shape index (κ1) is 19.2. The summed E-state index contributed by atoms with van der Waals surface area (Å²) >= 11 is 0. The Kier molecular flexibility index (Phi) is 10.2. The monoisotopic (exact) mass is 311 g/mol. The van der Waals surface area contributed by atoms with Gasteiger partial charge in [-0.1, -0.05) is 20.8 Å². The molecule has 0 amide bonds. The molecule has 0 aliphatic carbocycles. The lowest BCUT2D eigenvalue weighted by Crippen LogP contribution is -2.46. The van der Waals surface area contributed by atoms with Crippen molar-refractivity contribution in [2.75, 3.05) is 59.4 Å². The summed E-state index contributed by atoms with van der Waals surface area (Å²) < 4.78 is 0. The second kappa shape index (κ2) is 11.7. The molecule has 0 atom stereocenters. The molecule has 0 radical (unpaired) electrons. The van der Waals surface area contributed by atoms with Crippen molar-refractivity contribution < 1.29 is 0 Å². The summed E-state index contributed by atoms with van der Waals surface area (Å²) in [5, 5.41) is 6.78. The van der Waals surface area contributed by atoms with E-state index in [-0.39, 0.29) is 0 Å². The van der Waals surface area contributed by atoms with Crippen LogP contribution < -0.4 is 10.6 Å². The average molecular weight is 312 g/mol. The molecule has 1 rings (SSSR count). The minimum absolute atomic E-state index is 0.735. The van der Waals surface area contributed by atoms with Gasteiger partial charge in [0.1, 0.15) is 0 Å². The van der Waals surface area contributed by atoms with E-state index in [0.29, 0.717) is 0 Å².